The Bertz CT molecular complexity index is 306. The summed E-state index contributed by atoms with van der Waals surface area (Å²) in [5, 5.41) is 2.06. The highest BCUT2D eigenvalue weighted by atomic mass is 32.2. The summed E-state index contributed by atoms with van der Waals surface area (Å²) in [6, 6.07) is 10.3. The van der Waals surface area contributed by atoms with Crippen LogP contribution in [0.25, 0.3) is 0 Å². The lowest BCUT2D eigenvalue weighted by atomic mass is 10.2. The van der Waals surface area contributed by atoms with E-state index in [4.69, 9.17) is 4.74 Å². The fourth-order valence-electron chi connectivity index (χ4n) is 1.12. The highest BCUT2D eigenvalue weighted by Gasteiger charge is 1.97. The van der Waals surface area contributed by atoms with E-state index >= 15 is 0 Å². The van der Waals surface area contributed by atoms with Gasteiger partial charge in [-0.25, -0.2) is 0 Å². The molecule has 0 amide bonds. The lowest BCUT2D eigenvalue weighted by Crippen LogP contribution is -2.03. The van der Waals surface area contributed by atoms with E-state index in [9.17, 15) is 0 Å². The van der Waals surface area contributed by atoms with Gasteiger partial charge in [0, 0.05) is 12.0 Å². The van der Waals surface area contributed by atoms with Gasteiger partial charge in [-0.05, 0) is 30.0 Å². The third-order valence-electron chi connectivity index (χ3n) is 1.94. The summed E-state index contributed by atoms with van der Waals surface area (Å²) in [4.78, 5) is 1.24. The minimum absolute atomic E-state index is 0.138. The van der Waals surface area contributed by atoms with E-state index < -0.39 is 0 Å². The molecule has 0 saturated carbocycles. The molecule has 1 atom stereocenters. The minimum atomic E-state index is 0.138. The first-order chi connectivity index (χ1) is 7.36. The first kappa shape index (κ1) is 12.1. The van der Waals surface area contributed by atoms with Crippen molar-refractivity contribution in [3.05, 3.63) is 54.5 Å². The van der Waals surface area contributed by atoms with E-state index in [2.05, 4.69) is 30.2 Å². The molecule has 1 rings (SSSR count). The number of rotatable bonds is 6. The smallest absolute Gasteiger partial charge is 0.0794 e. The van der Waals surface area contributed by atoms with E-state index in [1.165, 1.54) is 4.90 Å². The van der Waals surface area contributed by atoms with Gasteiger partial charge in [-0.2, -0.15) is 0 Å². The first-order valence-electron chi connectivity index (χ1n) is 4.89. The largest absolute Gasteiger partial charge is 0.377 e. The van der Waals surface area contributed by atoms with Gasteiger partial charge in [0.25, 0.3) is 0 Å². The molecule has 2 heteroatoms. The predicted octanol–water partition coefficient (Wildman–Crippen LogP) is 3.88. The fraction of sp³-hybridized carbons (Fsp3) is 0.231. The third-order valence-corrected chi connectivity index (χ3v) is 2.78. The van der Waals surface area contributed by atoms with Gasteiger partial charge in [-0.1, -0.05) is 36.0 Å². The Morgan fingerprint density at radius 1 is 1.40 bits per heavy atom. The van der Waals surface area contributed by atoms with Gasteiger partial charge in [0.2, 0.25) is 0 Å². The quantitative estimate of drug-likeness (QED) is 0.531. The summed E-state index contributed by atoms with van der Waals surface area (Å²) >= 11 is 1.70. The summed E-state index contributed by atoms with van der Waals surface area (Å²) in [5.74, 6) is 0. The number of hydrogen-bond donors (Lipinski definition) is 0. The minimum Gasteiger partial charge on any atom is -0.377 e. The second kappa shape index (κ2) is 7.32. The molecule has 1 aromatic rings. The molecule has 0 aromatic heterocycles. The van der Waals surface area contributed by atoms with Crippen molar-refractivity contribution in [3.63, 3.8) is 0 Å². The molecule has 0 aliphatic heterocycles. The van der Waals surface area contributed by atoms with Gasteiger partial charge in [0.15, 0.2) is 0 Å². The molecule has 80 valence electrons. The highest BCUT2D eigenvalue weighted by molar-refractivity contribution is 8.02. The molecule has 0 fully saturated rings. The topological polar surface area (TPSA) is 9.23 Å². The van der Waals surface area contributed by atoms with Crippen LogP contribution in [0.4, 0.5) is 0 Å². The second-order valence-electron chi connectivity index (χ2n) is 3.06. The van der Waals surface area contributed by atoms with Crippen LogP contribution in [-0.4, -0.2) is 13.2 Å². The molecule has 0 spiro atoms. The number of methoxy groups -OCH3 is 1. The number of thioether (sulfide) groups is 1. The van der Waals surface area contributed by atoms with Crippen LogP contribution < -0.4 is 0 Å². The summed E-state index contributed by atoms with van der Waals surface area (Å²) in [6.45, 7) is 3.69. The maximum atomic E-state index is 5.26. The van der Waals surface area contributed by atoms with Crippen LogP contribution in [0.15, 0.2) is 59.4 Å². The Labute approximate surface area is 95.8 Å². The zero-order chi connectivity index (χ0) is 10.9. The summed E-state index contributed by atoms with van der Waals surface area (Å²) < 4.78 is 5.26. The molecule has 1 aromatic carbocycles. The molecular formula is C13H16OS. The normalized spacial score (nSPS) is 12.9. The molecule has 0 heterocycles. The lowest BCUT2D eigenvalue weighted by molar-refractivity contribution is 0.144. The average Bonchev–Trinajstić information content (AvgIpc) is 2.29. The number of hydrogen-bond acceptors (Lipinski definition) is 2. The van der Waals surface area contributed by atoms with E-state index in [-0.39, 0.29) is 6.10 Å². The van der Waals surface area contributed by atoms with Gasteiger partial charge in [0.1, 0.15) is 0 Å². The Morgan fingerprint density at radius 3 is 2.73 bits per heavy atom. The van der Waals surface area contributed by atoms with Crippen LogP contribution in [0, 0.1) is 0 Å². The molecule has 1 unspecified atom stereocenters. The van der Waals surface area contributed by atoms with Crippen LogP contribution in [-0.2, 0) is 4.74 Å². The van der Waals surface area contributed by atoms with E-state index in [1.54, 1.807) is 18.9 Å². The van der Waals surface area contributed by atoms with E-state index in [0.29, 0.717) is 0 Å². The zero-order valence-corrected chi connectivity index (χ0v) is 9.74. The SMILES string of the molecule is C=CCC(/C=C/Sc1ccccc1)OC. The van der Waals surface area contributed by atoms with Crippen molar-refractivity contribution in [2.45, 2.75) is 17.4 Å². The molecule has 0 aliphatic carbocycles. The first-order valence-corrected chi connectivity index (χ1v) is 5.77. The Morgan fingerprint density at radius 2 is 2.13 bits per heavy atom. The summed E-state index contributed by atoms with van der Waals surface area (Å²) in [7, 11) is 1.71. The van der Waals surface area contributed by atoms with Crippen LogP contribution in [0.1, 0.15) is 6.42 Å². The van der Waals surface area contributed by atoms with E-state index in [1.807, 2.05) is 24.3 Å². The van der Waals surface area contributed by atoms with Crippen LogP contribution >= 0.6 is 11.8 Å². The van der Waals surface area contributed by atoms with Crippen molar-refractivity contribution in [3.8, 4) is 0 Å². The Kier molecular flexibility index (Phi) is 5.90. The number of ether oxygens (including phenoxy) is 1. The van der Waals surface area contributed by atoms with Crippen molar-refractivity contribution in [1.82, 2.24) is 0 Å². The molecular weight excluding hydrogens is 204 g/mol. The highest BCUT2D eigenvalue weighted by Crippen LogP contribution is 2.18. The third kappa shape index (κ3) is 4.86. The predicted molar refractivity (Wildman–Crippen MR) is 67.1 cm³/mol. The second-order valence-corrected chi connectivity index (χ2v) is 4.04. The summed E-state index contributed by atoms with van der Waals surface area (Å²) in [6.07, 6.45) is 4.91. The molecule has 0 aliphatic rings. The monoisotopic (exact) mass is 220 g/mol. The van der Waals surface area contributed by atoms with Gasteiger partial charge < -0.3 is 4.74 Å². The van der Waals surface area contributed by atoms with E-state index in [0.717, 1.165) is 6.42 Å². The maximum absolute atomic E-state index is 5.26. The van der Waals surface area contributed by atoms with Gasteiger partial charge in [0.05, 0.1) is 6.10 Å². The average molecular weight is 220 g/mol. The fourth-order valence-corrected chi connectivity index (χ4v) is 1.85. The van der Waals surface area contributed by atoms with Crippen LogP contribution in [0.3, 0.4) is 0 Å². The molecule has 0 saturated heterocycles. The van der Waals surface area contributed by atoms with Crippen molar-refractivity contribution >= 4 is 11.8 Å². The standard InChI is InChI=1S/C13H16OS/c1-3-7-12(14-2)10-11-15-13-8-5-4-6-9-13/h3-6,8-12H,1,7H2,2H3/b11-10+. The maximum Gasteiger partial charge on any atom is 0.0794 e. The van der Waals surface area contributed by atoms with Crippen molar-refractivity contribution in [2.75, 3.05) is 7.11 Å². The van der Waals surface area contributed by atoms with Gasteiger partial charge in [-0.15, -0.1) is 6.58 Å². The molecule has 1 nitrogen and oxygen atoms in total. The number of benzene rings is 1. The lowest BCUT2D eigenvalue weighted by Gasteiger charge is -2.06. The van der Waals surface area contributed by atoms with Crippen molar-refractivity contribution in [1.29, 1.82) is 0 Å². The van der Waals surface area contributed by atoms with Crippen LogP contribution in [0.5, 0.6) is 0 Å². The molecule has 0 radical (unpaired) electrons. The molecule has 0 N–H and O–H groups in total. The van der Waals surface area contributed by atoms with Crippen LogP contribution in [0.2, 0.25) is 0 Å². The van der Waals surface area contributed by atoms with Crippen molar-refractivity contribution in [2.24, 2.45) is 0 Å². The van der Waals surface area contributed by atoms with Gasteiger partial charge in [-0.3, -0.25) is 0 Å². The molecule has 15 heavy (non-hydrogen) atoms. The zero-order valence-electron chi connectivity index (χ0n) is 8.93. The van der Waals surface area contributed by atoms with Crippen molar-refractivity contribution < 1.29 is 4.74 Å². The molecule has 0 bridgehead atoms. The Balaban J connectivity index is 2.41. The van der Waals surface area contributed by atoms with Gasteiger partial charge >= 0.3 is 0 Å². The summed E-state index contributed by atoms with van der Waals surface area (Å²) in [5.41, 5.74) is 0. The Hall–Kier alpha value is -0.990.